The Morgan fingerprint density at radius 3 is 2.56 bits per heavy atom. The van der Waals surface area contributed by atoms with E-state index in [0.717, 1.165) is 25.6 Å². The molecule has 1 rings (SSSR count). The molecule has 0 radical (unpaired) electrons. The molecule has 0 saturated carbocycles. The molecule has 1 aliphatic rings. The van der Waals surface area contributed by atoms with Gasteiger partial charge in [0.15, 0.2) is 0 Å². The maximum atomic E-state index is 5.45. The second-order valence-corrected chi connectivity index (χ2v) is 6.55. The molecule has 3 unspecified atom stereocenters. The fourth-order valence-electron chi connectivity index (χ4n) is 2.76. The Kier molecular flexibility index (Phi) is 6.09. The zero-order chi connectivity index (χ0) is 13.8. The summed E-state index contributed by atoms with van der Waals surface area (Å²) in [6.07, 6.45) is 2.77. The maximum absolute atomic E-state index is 5.45. The predicted octanol–water partition coefficient (Wildman–Crippen LogP) is 2.51. The minimum absolute atomic E-state index is 0.265. The highest BCUT2D eigenvalue weighted by Crippen LogP contribution is 2.22. The van der Waals surface area contributed by atoms with E-state index >= 15 is 0 Å². The van der Waals surface area contributed by atoms with Crippen LogP contribution in [0.25, 0.3) is 0 Å². The molecule has 0 amide bonds. The summed E-state index contributed by atoms with van der Waals surface area (Å²) in [4.78, 5) is 2.63. The van der Waals surface area contributed by atoms with E-state index in [1.165, 1.54) is 12.8 Å². The predicted molar refractivity (Wildman–Crippen MR) is 78.0 cm³/mol. The van der Waals surface area contributed by atoms with Gasteiger partial charge in [0.1, 0.15) is 0 Å². The lowest BCUT2D eigenvalue weighted by molar-refractivity contribution is 0.0174. The van der Waals surface area contributed by atoms with E-state index in [1.807, 2.05) is 7.11 Å². The number of methoxy groups -OCH3 is 1. The minimum Gasteiger partial charge on any atom is -0.380 e. The van der Waals surface area contributed by atoms with Gasteiger partial charge in [0.25, 0.3) is 0 Å². The molecular formula is C15H32N2O. The maximum Gasteiger partial charge on any atom is 0.0670 e. The van der Waals surface area contributed by atoms with Crippen LogP contribution in [0.3, 0.4) is 0 Å². The van der Waals surface area contributed by atoms with E-state index in [2.05, 4.69) is 44.8 Å². The van der Waals surface area contributed by atoms with Crippen LogP contribution in [0.5, 0.6) is 0 Å². The molecule has 3 atom stereocenters. The largest absolute Gasteiger partial charge is 0.380 e. The van der Waals surface area contributed by atoms with E-state index in [0.29, 0.717) is 12.1 Å². The standard InChI is InChI=1S/C15H32N2O/c1-7-15(5)11-17(10-13(4)18-6)14(9-16-15)8-12(2)3/h12-14,16H,7-11H2,1-6H3. The van der Waals surface area contributed by atoms with Crippen LogP contribution in [0.4, 0.5) is 0 Å². The van der Waals surface area contributed by atoms with Crippen molar-refractivity contribution in [2.45, 2.75) is 65.1 Å². The molecule has 0 aliphatic carbocycles. The van der Waals surface area contributed by atoms with E-state index in [4.69, 9.17) is 4.74 Å². The Morgan fingerprint density at radius 2 is 2.06 bits per heavy atom. The average Bonchev–Trinajstić information content (AvgIpc) is 2.32. The van der Waals surface area contributed by atoms with Gasteiger partial charge in [0.2, 0.25) is 0 Å². The van der Waals surface area contributed by atoms with Gasteiger partial charge in [0, 0.05) is 38.3 Å². The normalized spacial score (nSPS) is 31.8. The van der Waals surface area contributed by atoms with Gasteiger partial charge in [-0.2, -0.15) is 0 Å². The van der Waals surface area contributed by atoms with E-state index in [-0.39, 0.29) is 5.54 Å². The van der Waals surface area contributed by atoms with Crippen molar-refractivity contribution in [3.8, 4) is 0 Å². The Balaban J connectivity index is 2.66. The molecule has 0 aromatic carbocycles. The molecule has 18 heavy (non-hydrogen) atoms. The minimum atomic E-state index is 0.265. The van der Waals surface area contributed by atoms with Crippen molar-refractivity contribution >= 4 is 0 Å². The summed E-state index contributed by atoms with van der Waals surface area (Å²) in [5.41, 5.74) is 0.265. The van der Waals surface area contributed by atoms with Crippen LogP contribution in [0.2, 0.25) is 0 Å². The lowest BCUT2D eigenvalue weighted by Crippen LogP contribution is -2.63. The highest BCUT2D eigenvalue weighted by Gasteiger charge is 2.35. The van der Waals surface area contributed by atoms with Crippen molar-refractivity contribution in [3.05, 3.63) is 0 Å². The van der Waals surface area contributed by atoms with Gasteiger partial charge < -0.3 is 10.1 Å². The van der Waals surface area contributed by atoms with Crippen molar-refractivity contribution in [2.24, 2.45) is 5.92 Å². The lowest BCUT2D eigenvalue weighted by atomic mass is 9.90. The third-order valence-electron chi connectivity index (χ3n) is 4.25. The van der Waals surface area contributed by atoms with Gasteiger partial charge in [-0.15, -0.1) is 0 Å². The van der Waals surface area contributed by atoms with Crippen LogP contribution >= 0.6 is 0 Å². The molecule has 1 fully saturated rings. The van der Waals surface area contributed by atoms with E-state index < -0.39 is 0 Å². The molecule has 0 bridgehead atoms. The first-order valence-electron chi connectivity index (χ1n) is 7.42. The number of hydrogen-bond acceptors (Lipinski definition) is 3. The number of hydrogen-bond donors (Lipinski definition) is 1. The van der Waals surface area contributed by atoms with Crippen molar-refractivity contribution in [3.63, 3.8) is 0 Å². The number of nitrogens with zero attached hydrogens (tertiary/aromatic N) is 1. The van der Waals surface area contributed by atoms with Crippen molar-refractivity contribution < 1.29 is 4.74 Å². The monoisotopic (exact) mass is 256 g/mol. The highest BCUT2D eigenvalue weighted by molar-refractivity contribution is 4.95. The number of nitrogens with one attached hydrogen (secondary N) is 1. The summed E-state index contributed by atoms with van der Waals surface area (Å²) >= 11 is 0. The van der Waals surface area contributed by atoms with Crippen molar-refractivity contribution in [1.29, 1.82) is 0 Å². The van der Waals surface area contributed by atoms with Gasteiger partial charge in [-0.3, -0.25) is 4.90 Å². The van der Waals surface area contributed by atoms with Gasteiger partial charge in [-0.1, -0.05) is 20.8 Å². The third kappa shape index (κ3) is 4.52. The fourth-order valence-corrected chi connectivity index (χ4v) is 2.76. The van der Waals surface area contributed by atoms with Crippen LogP contribution in [0.15, 0.2) is 0 Å². The zero-order valence-electron chi connectivity index (χ0n) is 13.1. The van der Waals surface area contributed by atoms with Crippen LogP contribution in [0, 0.1) is 5.92 Å². The van der Waals surface area contributed by atoms with Gasteiger partial charge in [-0.05, 0) is 32.6 Å². The average molecular weight is 256 g/mol. The highest BCUT2D eigenvalue weighted by atomic mass is 16.5. The van der Waals surface area contributed by atoms with Crippen LogP contribution < -0.4 is 5.32 Å². The van der Waals surface area contributed by atoms with Gasteiger partial charge in [-0.25, -0.2) is 0 Å². The second kappa shape index (κ2) is 6.88. The van der Waals surface area contributed by atoms with Crippen molar-refractivity contribution in [1.82, 2.24) is 10.2 Å². The number of piperazine rings is 1. The summed E-state index contributed by atoms with van der Waals surface area (Å²) in [7, 11) is 1.81. The number of ether oxygens (including phenoxy) is 1. The lowest BCUT2D eigenvalue weighted by Gasteiger charge is -2.47. The Labute approximate surface area is 113 Å². The summed E-state index contributed by atoms with van der Waals surface area (Å²) in [5, 5.41) is 3.74. The molecule has 0 spiro atoms. The van der Waals surface area contributed by atoms with E-state index in [1.54, 1.807) is 0 Å². The molecule has 1 N–H and O–H groups in total. The van der Waals surface area contributed by atoms with Crippen LogP contribution in [0.1, 0.15) is 47.5 Å². The van der Waals surface area contributed by atoms with Crippen LogP contribution in [-0.2, 0) is 4.74 Å². The first-order chi connectivity index (χ1) is 8.40. The smallest absolute Gasteiger partial charge is 0.0670 e. The van der Waals surface area contributed by atoms with E-state index in [9.17, 15) is 0 Å². The molecule has 0 aromatic rings. The fraction of sp³-hybridized carbons (Fsp3) is 1.00. The topological polar surface area (TPSA) is 24.5 Å². The molecule has 1 heterocycles. The third-order valence-corrected chi connectivity index (χ3v) is 4.25. The Morgan fingerprint density at radius 1 is 1.39 bits per heavy atom. The molecule has 1 saturated heterocycles. The quantitative estimate of drug-likeness (QED) is 0.790. The molecule has 0 aromatic heterocycles. The second-order valence-electron chi connectivity index (χ2n) is 6.55. The summed E-state index contributed by atoms with van der Waals surface area (Å²) < 4.78 is 5.45. The first kappa shape index (κ1) is 15.9. The summed E-state index contributed by atoms with van der Waals surface area (Å²) in [6.45, 7) is 14.7. The van der Waals surface area contributed by atoms with Gasteiger partial charge in [0.05, 0.1) is 6.10 Å². The van der Waals surface area contributed by atoms with Crippen molar-refractivity contribution in [2.75, 3.05) is 26.7 Å². The van der Waals surface area contributed by atoms with Crippen LogP contribution in [-0.4, -0.2) is 49.3 Å². The molecule has 108 valence electrons. The SMILES string of the molecule is CCC1(C)CN(CC(C)OC)C(CC(C)C)CN1. The molecule has 1 aliphatic heterocycles. The summed E-state index contributed by atoms with van der Waals surface area (Å²) in [6, 6.07) is 0.655. The first-order valence-corrected chi connectivity index (χ1v) is 7.42. The summed E-state index contributed by atoms with van der Waals surface area (Å²) in [5.74, 6) is 0.753. The number of rotatable bonds is 6. The molecule has 3 heteroatoms. The Bertz CT molecular complexity index is 245. The molecule has 3 nitrogen and oxygen atoms in total. The molecular weight excluding hydrogens is 224 g/mol. The Hall–Kier alpha value is -0.120. The van der Waals surface area contributed by atoms with Gasteiger partial charge >= 0.3 is 0 Å². The zero-order valence-corrected chi connectivity index (χ0v) is 13.1.